The third kappa shape index (κ3) is 3.32. The average Bonchev–Trinajstić information content (AvgIpc) is 3.04. The van der Waals surface area contributed by atoms with E-state index in [4.69, 9.17) is 0 Å². The van der Waals surface area contributed by atoms with E-state index in [1.807, 2.05) is 30.3 Å². The molecule has 1 fully saturated rings. The second-order valence-electron chi connectivity index (χ2n) is 5.00. The van der Waals surface area contributed by atoms with Crippen molar-refractivity contribution in [3.05, 3.63) is 70.1 Å². The first-order valence-corrected chi connectivity index (χ1v) is 8.92. The highest BCUT2D eigenvalue weighted by atomic mass is 32.2. The van der Waals surface area contributed by atoms with E-state index < -0.39 is 0 Å². The summed E-state index contributed by atoms with van der Waals surface area (Å²) in [6, 6.07) is 21.0. The SMILES string of the molecule is Cc1ccc(N2CCSC2=C(C#N)Sc2ccccc2)cc1. The maximum absolute atomic E-state index is 9.59. The van der Waals surface area contributed by atoms with Crippen molar-refractivity contribution in [2.24, 2.45) is 0 Å². The molecule has 0 unspecified atom stereocenters. The number of hydrogen-bond donors (Lipinski definition) is 0. The fourth-order valence-corrected chi connectivity index (χ4v) is 4.36. The summed E-state index contributed by atoms with van der Waals surface area (Å²) in [4.78, 5) is 4.12. The van der Waals surface area contributed by atoms with E-state index in [1.165, 1.54) is 5.56 Å². The molecule has 0 atom stereocenters. The molecule has 1 aliphatic heterocycles. The van der Waals surface area contributed by atoms with Crippen LogP contribution in [-0.4, -0.2) is 12.3 Å². The highest BCUT2D eigenvalue weighted by Crippen LogP contribution is 2.40. The van der Waals surface area contributed by atoms with Crippen LogP contribution in [0, 0.1) is 18.3 Å². The lowest BCUT2D eigenvalue weighted by atomic mass is 10.2. The summed E-state index contributed by atoms with van der Waals surface area (Å²) in [5, 5.41) is 10.7. The van der Waals surface area contributed by atoms with Gasteiger partial charge in [-0.1, -0.05) is 47.7 Å². The molecule has 0 spiro atoms. The number of aryl methyl sites for hydroxylation is 1. The summed E-state index contributed by atoms with van der Waals surface area (Å²) < 4.78 is 0. The van der Waals surface area contributed by atoms with Gasteiger partial charge < -0.3 is 4.90 Å². The maximum Gasteiger partial charge on any atom is 0.120 e. The standard InChI is InChI=1S/C18H16N2S2/c1-14-7-9-15(10-8-14)20-11-12-21-18(20)17(13-19)22-16-5-3-2-4-6-16/h2-10H,11-12H2,1H3. The summed E-state index contributed by atoms with van der Waals surface area (Å²) in [5.41, 5.74) is 2.41. The van der Waals surface area contributed by atoms with E-state index in [2.05, 4.69) is 42.2 Å². The van der Waals surface area contributed by atoms with Crippen LogP contribution in [0.25, 0.3) is 0 Å². The minimum absolute atomic E-state index is 0.772. The number of thioether (sulfide) groups is 2. The molecule has 0 aliphatic carbocycles. The Morgan fingerprint density at radius 1 is 1.14 bits per heavy atom. The van der Waals surface area contributed by atoms with Crippen molar-refractivity contribution in [1.82, 2.24) is 0 Å². The van der Waals surface area contributed by atoms with Crippen molar-refractivity contribution in [3.63, 3.8) is 0 Å². The van der Waals surface area contributed by atoms with Gasteiger partial charge in [0.2, 0.25) is 0 Å². The Morgan fingerprint density at radius 2 is 1.86 bits per heavy atom. The lowest BCUT2D eigenvalue weighted by Gasteiger charge is -2.20. The van der Waals surface area contributed by atoms with Crippen LogP contribution < -0.4 is 4.90 Å². The van der Waals surface area contributed by atoms with E-state index in [1.54, 1.807) is 23.5 Å². The molecular weight excluding hydrogens is 308 g/mol. The van der Waals surface area contributed by atoms with E-state index >= 15 is 0 Å². The van der Waals surface area contributed by atoms with Gasteiger partial charge in [-0.15, -0.1) is 11.8 Å². The lowest BCUT2D eigenvalue weighted by Crippen LogP contribution is -2.17. The van der Waals surface area contributed by atoms with Crippen molar-refractivity contribution in [2.75, 3.05) is 17.2 Å². The zero-order valence-electron chi connectivity index (χ0n) is 12.3. The second-order valence-corrected chi connectivity index (χ2v) is 7.16. The molecule has 22 heavy (non-hydrogen) atoms. The van der Waals surface area contributed by atoms with Gasteiger partial charge in [-0.05, 0) is 31.2 Å². The Morgan fingerprint density at radius 3 is 2.55 bits per heavy atom. The third-order valence-corrected chi connectivity index (χ3v) is 5.61. The maximum atomic E-state index is 9.59. The Hall–Kier alpha value is -1.83. The molecule has 3 rings (SSSR count). The van der Waals surface area contributed by atoms with Crippen LogP contribution >= 0.6 is 23.5 Å². The van der Waals surface area contributed by atoms with E-state index in [0.717, 1.165) is 32.8 Å². The Bertz CT molecular complexity index is 715. The summed E-state index contributed by atoms with van der Waals surface area (Å²) >= 11 is 3.31. The second kappa shape index (κ2) is 6.95. The Balaban J connectivity index is 1.92. The zero-order chi connectivity index (χ0) is 15.4. The fourth-order valence-electron chi connectivity index (χ4n) is 2.29. The number of nitriles is 1. The minimum Gasteiger partial charge on any atom is -0.334 e. The van der Waals surface area contributed by atoms with Crippen molar-refractivity contribution < 1.29 is 0 Å². The van der Waals surface area contributed by atoms with Crippen molar-refractivity contribution in [3.8, 4) is 6.07 Å². The molecule has 0 bridgehead atoms. The molecule has 0 aromatic heterocycles. The molecule has 0 amide bonds. The van der Waals surface area contributed by atoms with Gasteiger partial charge in [0.05, 0.1) is 0 Å². The summed E-state index contributed by atoms with van der Waals surface area (Å²) in [5.74, 6) is 1.02. The average molecular weight is 324 g/mol. The van der Waals surface area contributed by atoms with Crippen LogP contribution in [0.1, 0.15) is 5.56 Å². The summed E-state index contributed by atoms with van der Waals surface area (Å²) in [6.45, 7) is 3.04. The topological polar surface area (TPSA) is 27.0 Å². The molecule has 0 radical (unpaired) electrons. The predicted octanol–water partition coefficient (Wildman–Crippen LogP) is 5.03. The largest absolute Gasteiger partial charge is 0.334 e. The number of rotatable bonds is 3. The molecule has 2 aromatic rings. The molecule has 0 N–H and O–H groups in total. The highest BCUT2D eigenvalue weighted by Gasteiger charge is 2.23. The highest BCUT2D eigenvalue weighted by molar-refractivity contribution is 8.07. The molecule has 110 valence electrons. The number of benzene rings is 2. The van der Waals surface area contributed by atoms with Gasteiger partial charge in [0.1, 0.15) is 16.0 Å². The molecule has 2 aromatic carbocycles. The van der Waals surface area contributed by atoms with Gasteiger partial charge in [-0.2, -0.15) is 5.26 Å². The quantitative estimate of drug-likeness (QED) is 0.584. The van der Waals surface area contributed by atoms with E-state index in [0.29, 0.717) is 0 Å². The zero-order valence-corrected chi connectivity index (χ0v) is 14.0. The van der Waals surface area contributed by atoms with Crippen molar-refractivity contribution >= 4 is 29.2 Å². The number of hydrogen-bond acceptors (Lipinski definition) is 4. The number of anilines is 1. The summed E-state index contributed by atoms with van der Waals surface area (Å²) in [6.07, 6.45) is 0. The number of allylic oxidation sites excluding steroid dienone is 1. The van der Waals surface area contributed by atoms with Gasteiger partial charge in [0.15, 0.2) is 0 Å². The molecule has 1 aliphatic rings. The van der Waals surface area contributed by atoms with Crippen LogP contribution in [0.3, 0.4) is 0 Å². The normalized spacial score (nSPS) is 16.5. The summed E-state index contributed by atoms with van der Waals surface area (Å²) in [7, 11) is 0. The van der Waals surface area contributed by atoms with E-state index in [9.17, 15) is 5.26 Å². The van der Waals surface area contributed by atoms with Crippen LogP contribution in [-0.2, 0) is 0 Å². The van der Waals surface area contributed by atoms with Crippen LogP contribution in [0.2, 0.25) is 0 Å². The molecule has 2 nitrogen and oxygen atoms in total. The van der Waals surface area contributed by atoms with Gasteiger partial charge in [-0.25, -0.2) is 0 Å². The van der Waals surface area contributed by atoms with Gasteiger partial charge in [-0.3, -0.25) is 0 Å². The first kappa shape index (κ1) is 15.1. The van der Waals surface area contributed by atoms with Gasteiger partial charge in [0.25, 0.3) is 0 Å². The third-order valence-electron chi connectivity index (χ3n) is 3.40. The lowest BCUT2D eigenvalue weighted by molar-refractivity contribution is 1.04. The first-order valence-electron chi connectivity index (χ1n) is 7.12. The molecule has 0 saturated carbocycles. The molecule has 1 saturated heterocycles. The Labute approximate surface area is 139 Å². The minimum atomic E-state index is 0.772. The Kier molecular flexibility index (Phi) is 4.77. The first-order chi connectivity index (χ1) is 10.8. The van der Waals surface area contributed by atoms with Crippen LogP contribution in [0.15, 0.2) is 69.4 Å². The van der Waals surface area contributed by atoms with E-state index in [-0.39, 0.29) is 0 Å². The molecular formula is C18H16N2S2. The molecule has 4 heteroatoms. The van der Waals surface area contributed by atoms with Gasteiger partial charge >= 0.3 is 0 Å². The van der Waals surface area contributed by atoms with Crippen molar-refractivity contribution in [2.45, 2.75) is 11.8 Å². The predicted molar refractivity (Wildman–Crippen MR) is 95.9 cm³/mol. The van der Waals surface area contributed by atoms with Crippen LogP contribution in [0.4, 0.5) is 5.69 Å². The number of nitrogens with zero attached hydrogens (tertiary/aromatic N) is 2. The fraction of sp³-hybridized carbons (Fsp3) is 0.167. The molecule has 1 heterocycles. The van der Waals surface area contributed by atoms with Crippen molar-refractivity contribution in [1.29, 1.82) is 5.26 Å². The van der Waals surface area contributed by atoms with Crippen LogP contribution in [0.5, 0.6) is 0 Å². The smallest absolute Gasteiger partial charge is 0.120 e. The van der Waals surface area contributed by atoms with Gasteiger partial charge in [0, 0.05) is 22.9 Å². The monoisotopic (exact) mass is 324 g/mol.